The molecule has 188 valence electrons. The summed E-state index contributed by atoms with van der Waals surface area (Å²) in [6.07, 6.45) is 0.281. The van der Waals surface area contributed by atoms with Crippen LogP contribution in [0.1, 0.15) is 36.1 Å². The lowest BCUT2D eigenvalue weighted by atomic mass is 9.96. The summed E-state index contributed by atoms with van der Waals surface area (Å²) in [7, 11) is -0.817. The molecule has 0 saturated carbocycles. The third kappa shape index (κ3) is 6.82. The van der Waals surface area contributed by atoms with E-state index in [1.165, 1.54) is 10.4 Å². The maximum atomic E-state index is 14.0. The van der Waals surface area contributed by atoms with Crippen LogP contribution in [0.15, 0.2) is 71.6 Å². The Labute approximate surface area is 207 Å². The smallest absolute Gasteiger partial charge is 0.243 e. The third-order valence-corrected chi connectivity index (χ3v) is 7.52. The van der Waals surface area contributed by atoms with E-state index in [1.807, 2.05) is 24.3 Å². The van der Waals surface area contributed by atoms with Crippen molar-refractivity contribution in [1.82, 2.24) is 4.31 Å². The summed E-state index contributed by atoms with van der Waals surface area (Å²) in [6.45, 7) is 3.36. The summed E-state index contributed by atoms with van der Waals surface area (Å²) < 4.78 is 39.8. The monoisotopic (exact) mass is 499 g/mol. The zero-order valence-electron chi connectivity index (χ0n) is 20.6. The topological polar surface area (TPSA) is 96.3 Å². The van der Waals surface area contributed by atoms with Crippen molar-refractivity contribution < 1.29 is 28.1 Å². The molecule has 0 aliphatic heterocycles. The molecule has 0 saturated heterocycles. The van der Waals surface area contributed by atoms with Gasteiger partial charge in [0, 0.05) is 19.7 Å². The first-order valence-electron chi connectivity index (χ1n) is 11.3. The van der Waals surface area contributed by atoms with Gasteiger partial charge in [0.1, 0.15) is 11.5 Å². The first-order chi connectivity index (χ1) is 16.6. The number of rotatable bonds is 11. The van der Waals surface area contributed by atoms with Gasteiger partial charge in [0.15, 0.2) is 0 Å². The van der Waals surface area contributed by atoms with E-state index < -0.39 is 15.6 Å². The second kappa shape index (κ2) is 11.2. The zero-order valence-corrected chi connectivity index (χ0v) is 21.4. The number of sulfonamides is 1. The standard InChI is InChI=1S/C27H33NO6S/c1-27(2,30)23-15-22(13-14-29)16-26(17-23)35(31,32)28(18-20-5-9-24(33-3)10-6-20)19-21-7-11-25(34-4)12-8-21/h5-12,15-17,29-30H,13-14,18-19H2,1-4H3. The molecule has 0 fully saturated rings. The van der Waals surface area contributed by atoms with E-state index >= 15 is 0 Å². The molecule has 0 unspecified atom stereocenters. The van der Waals surface area contributed by atoms with Crippen molar-refractivity contribution in [2.75, 3.05) is 20.8 Å². The number of methoxy groups -OCH3 is 2. The normalized spacial score (nSPS) is 12.1. The minimum Gasteiger partial charge on any atom is -0.497 e. The van der Waals surface area contributed by atoms with Gasteiger partial charge in [-0.15, -0.1) is 0 Å². The number of benzene rings is 3. The minimum atomic E-state index is -3.97. The van der Waals surface area contributed by atoms with Crippen LogP contribution in [0.4, 0.5) is 0 Å². The van der Waals surface area contributed by atoms with Crippen molar-refractivity contribution in [2.45, 2.75) is 43.9 Å². The summed E-state index contributed by atoms with van der Waals surface area (Å²) in [4.78, 5) is 0.0719. The number of aliphatic hydroxyl groups is 2. The molecule has 0 amide bonds. The van der Waals surface area contributed by atoms with E-state index in [0.717, 1.165) is 11.1 Å². The van der Waals surface area contributed by atoms with Crippen LogP contribution in [0.5, 0.6) is 11.5 Å². The van der Waals surface area contributed by atoms with Crippen LogP contribution in [0.2, 0.25) is 0 Å². The number of hydrogen-bond donors (Lipinski definition) is 2. The maximum Gasteiger partial charge on any atom is 0.243 e. The first kappa shape index (κ1) is 26.7. The molecule has 0 aromatic heterocycles. The number of hydrogen-bond acceptors (Lipinski definition) is 6. The molecule has 8 heteroatoms. The molecule has 0 aliphatic rings. The van der Waals surface area contributed by atoms with Gasteiger partial charge in [0.2, 0.25) is 10.0 Å². The van der Waals surface area contributed by atoms with Crippen LogP contribution in [0.3, 0.4) is 0 Å². The van der Waals surface area contributed by atoms with E-state index in [0.29, 0.717) is 22.6 Å². The fraction of sp³-hybridized carbons (Fsp3) is 0.333. The van der Waals surface area contributed by atoms with Gasteiger partial charge in [-0.3, -0.25) is 0 Å². The van der Waals surface area contributed by atoms with Gasteiger partial charge in [0.05, 0.1) is 24.7 Å². The van der Waals surface area contributed by atoms with Crippen molar-refractivity contribution in [3.05, 3.63) is 89.0 Å². The van der Waals surface area contributed by atoms with Crippen LogP contribution in [0.25, 0.3) is 0 Å². The molecule has 0 bridgehead atoms. The predicted octanol–water partition coefficient (Wildman–Crippen LogP) is 3.86. The van der Waals surface area contributed by atoms with Crippen molar-refractivity contribution in [3.8, 4) is 11.5 Å². The lowest BCUT2D eigenvalue weighted by Gasteiger charge is -2.25. The summed E-state index contributed by atoms with van der Waals surface area (Å²) in [6, 6.07) is 19.3. The largest absolute Gasteiger partial charge is 0.497 e. The number of ether oxygens (including phenoxy) is 2. The molecule has 2 N–H and O–H groups in total. The second-order valence-corrected chi connectivity index (χ2v) is 10.8. The Balaban J connectivity index is 2.06. The van der Waals surface area contributed by atoms with Gasteiger partial charge in [0.25, 0.3) is 0 Å². The molecule has 0 atom stereocenters. The Morgan fingerprint density at radius 1 is 0.800 bits per heavy atom. The van der Waals surface area contributed by atoms with E-state index in [9.17, 15) is 18.6 Å². The summed E-state index contributed by atoms with van der Waals surface area (Å²) in [5, 5.41) is 20.0. The highest BCUT2D eigenvalue weighted by Gasteiger charge is 2.28. The van der Waals surface area contributed by atoms with E-state index in [4.69, 9.17) is 9.47 Å². The summed E-state index contributed by atoms with van der Waals surface area (Å²) in [5.74, 6) is 1.37. The van der Waals surface area contributed by atoms with Crippen molar-refractivity contribution >= 4 is 10.0 Å². The van der Waals surface area contributed by atoms with Crippen LogP contribution in [-0.4, -0.2) is 43.8 Å². The fourth-order valence-electron chi connectivity index (χ4n) is 3.68. The maximum absolute atomic E-state index is 14.0. The van der Waals surface area contributed by atoms with Gasteiger partial charge >= 0.3 is 0 Å². The molecule has 0 aliphatic carbocycles. The molecule has 0 radical (unpaired) electrons. The molecular formula is C27H33NO6S. The van der Waals surface area contributed by atoms with Crippen LogP contribution in [-0.2, 0) is 35.1 Å². The average molecular weight is 500 g/mol. The van der Waals surface area contributed by atoms with Crippen molar-refractivity contribution in [3.63, 3.8) is 0 Å². The van der Waals surface area contributed by atoms with Crippen molar-refractivity contribution in [1.29, 1.82) is 0 Å². The van der Waals surface area contributed by atoms with Gasteiger partial charge in [-0.2, -0.15) is 4.31 Å². The van der Waals surface area contributed by atoms with Gasteiger partial charge in [-0.05, 0) is 78.9 Å². The van der Waals surface area contributed by atoms with Gasteiger partial charge in [-0.25, -0.2) is 8.42 Å². The second-order valence-electron chi connectivity index (χ2n) is 8.87. The quantitative estimate of drug-likeness (QED) is 0.416. The lowest BCUT2D eigenvalue weighted by molar-refractivity contribution is 0.0782. The zero-order chi connectivity index (χ0) is 25.6. The van der Waals surface area contributed by atoms with Crippen LogP contribution >= 0.6 is 0 Å². The highest BCUT2D eigenvalue weighted by Crippen LogP contribution is 2.29. The van der Waals surface area contributed by atoms with Crippen LogP contribution < -0.4 is 9.47 Å². The predicted molar refractivity (Wildman–Crippen MR) is 135 cm³/mol. The molecule has 7 nitrogen and oxygen atoms in total. The average Bonchev–Trinajstić information content (AvgIpc) is 2.84. The summed E-state index contributed by atoms with van der Waals surface area (Å²) in [5.41, 5.74) is 1.47. The number of aliphatic hydroxyl groups excluding tert-OH is 1. The van der Waals surface area contributed by atoms with E-state index in [-0.39, 0.29) is 31.0 Å². The molecule has 3 aromatic rings. The Morgan fingerprint density at radius 3 is 1.69 bits per heavy atom. The SMILES string of the molecule is COc1ccc(CN(Cc2ccc(OC)cc2)S(=O)(=O)c2cc(CCO)cc(C(C)(C)O)c2)cc1. The Bertz CT molecular complexity index is 1170. The molecule has 3 rings (SSSR count). The van der Waals surface area contributed by atoms with Crippen LogP contribution in [0, 0.1) is 0 Å². The van der Waals surface area contributed by atoms with Crippen molar-refractivity contribution in [2.24, 2.45) is 0 Å². The van der Waals surface area contributed by atoms with Gasteiger partial charge < -0.3 is 19.7 Å². The van der Waals surface area contributed by atoms with Gasteiger partial charge in [-0.1, -0.05) is 30.3 Å². The Morgan fingerprint density at radius 2 is 1.29 bits per heavy atom. The molecule has 3 aromatic carbocycles. The Hall–Kier alpha value is -2.91. The first-order valence-corrected chi connectivity index (χ1v) is 12.7. The third-order valence-electron chi connectivity index (χ3n) is 5.75. The van der Waals surface area contributed by atoms with E-state index in [2.05, 4.69) is 0 Å². The highest BCUT2D eigenvalue weighted by molar-refractivity contribution is 7.89. The Kier molecular flexibility index (Phi) is 8.56. The summed E-state index contributed by atoms with van der Waals surface area (Å²) >= 11 is 0. The number of nitrogens with zero attached hydrogens (tertiary/aromatic N) is 1. The lowest BCUT2D eigenvalue weighted by Crippen LogP contribution is -2.31. The highest BCUT2D eigenvalue weighted by atomic mass is 32.2. The molecular weight excluding hydrogens is 466 g/mol. The minimum absolute atomic E-state index is 0.0719. The van der Waals surface area contributed by atoms with E-state index in [1.54, 1.807) is 64.5 Å². The fourth-order valence-corrected chi connectivity index (χ4v) is 5.19. The molecule has 0 heterocycles. The molecule has 0 spiro atoms. The molecule has 35 heavy (non-hydrogen) atoms.